The third kappa shape index (κ3) is 10.1. The molecule has 0 aliphatic heterocycles. The molecule has 13 heteroatoms. The summed E-state index contributed by atoms with van der Waals surface area (Å²) < 4.78 is 0. The summed E-state index contributed by atoms with van der Waals surface area (Å²) in [7, 11) is 0. The first-order valence-corrected chi connectivity index (χ1v) is 12.1. The van der Waals surface area contributed by atoms with Gasteiger partial charge in [-0.15, -0.1) is 0 Å². The molecule has 0 aliphatic rings. The number of nitrogens with one attached hydrogen (secondary N) is 3. The predicted molar refractivity (Wildman–Crippen MR) is 135 cm³/mol. The van der Waals surface area contributed by atoms with Crippen LogP contribution >= 0.6 is 12.6 Å². The standard InChI is InChI=1S/C23H35N5O7S/c1-3-12(2)19(28-20(31)15(24)8-9-18(25)30)22(33)26-16(10-13-4-6-14(29)7-5-13)21(32)27-17(11-36)23(34)35/h4-7,12,15-17,19,29,36H,3,8-11,24H2,1-2H3,(H2,25,30)(H,26,33)(H,27,32)(H,28,31)(H,34,35). The monoisotopic (exact) mass is 525 g/mol. The normalized spacial score (nSPS) is 15.0. The molecular weight excluding hydrogens is 490 g/mol. The molecule has 0 radical (unpaired) electrons. The zero-order valence-electron chi connectivity index (χ0n) is 20.3. The fourth-order valence-electron chi connectivity index (χ4n) is 3.19. The van der Waals surface area contributed by atoms with E-state index in [4.69, 9.17) is 11.5 Å². The number of amides is 4. The number of carbonyl (C=O) groups is 5. The molecule has 0 spiro atoms. The number of carbonyl (C=O) groups excluding carboxylic acids is 4. The second-order valence-electron chi connectivity index (χ2n) is 8.50. The average Bonchev–Trinajstić information content (AvgIpc) is 2.83. The maximum Gasteiger partial charge on any atom is 0.327 e. The van der Waals surface area contributed by atoms with Gasteiger partial charge >= 0.3 is 5.97 Å². The van der Waals surface area contributed by atoms with Crippen molar-refractivity contribution in [1.82, 2.24) is 16.0 Å². The quantitative estimate of drug-likeness (QED) is 0.133. The lowest BCUT2D eigenvalue weighted by Crippen LogP contribution is -2.59. The average molecular weight is 526 g/mol. The third-order valence-electron chi connectivity index (χ3n) is 5.64. The topological polar surface area (TPSA) is 214 Å². The number of nitrogens with two attached hydrogens (primary N) is 2. The number of phenols is 1. The van der Waals surface area contributed by atoms with E-state index >= 15 is 0 Å². The van der Waals surface area contributed by atoms with Crippen molar-refractivity contribution in [3.05, 3.63) is 29.8 Å². The first-order chi connectivity index (χ1) is 16.9. The van der Waals surface area contributed by atoms with Crippen molar-refractivity contribution in [3.63, 3.8) is 0 Å². The van der Waals surface area contributed by atoms with Crippen molar-refractivity contribution < 1.29 is 34.2 Å². The lowest BCUT2D eigenvalue weighted by atomic mass is 9.96. The molecule has 0 aliphatic carbocycles. The van der Waals surface area contributed by atoms with E-state index in [0.717, 1.165) is 0 Å². The summed E-state index contributed by atoms with van der Waals surface area (Å²) in [5.41, 5.74) is 11.5. The van der Waals surface area contributed by atoms with Crippen molar-refractivity contribution >= 4 is 42.2 Å². The number of hydrogen-bond acceptors (Lipinski definition) is 8. The van der Waals surface area contributed by atoms with E-state index in [0.29, 0.717) is 12.0 Å². The van der Waals surface area contributed by atoms with Crippen LogP contribution in [0.1, 0.15) is 38.7 Å². The molecule has 0 heterocycles. The summed E-state index contributed by atoms with van der Waals surface area (Å²) >= 11 is 3.94. The number of carboxylic acid groups (broad SMARTS) is 1. The van der Waals surface area contributed by atoms with Crippen molar-refractivity contribution in [3.8, 4) is 5.75 Å². The van der Waals surface area contributed by atoms with Gasteiger partial charge < -0.3 is 37.6 Å². The van der Waals surface area contributed by atoms with Crippen LogP contribution in [0.5, 0.6) is 5.75 Å². The fraction of sp³-hybridized carbons (Fsp3) is 0.522. The summed E-state index contributed by atoms with van der Waals surface area (Å²) in [6.45, 7) is 3.55. The second kappa shape index (κ2) is 14.9. The molecule has 0 saturated carbocycles. The molecule has 9 N–H and O–H groups in total. The number of primary amides is 1. The number of phenolic OH excluding ortho intramolecular Hbond substituents is 1. The molecule has 200 valence electrons. The Morgan fingerprint density at radius 2 is 1.56 bits per heavy atom. The van der Waals surface area contributed by atoms with Crippen molar-refractivity contribution in [1.29, 1.82) is 0 Å². The van der Waals surface area contributed by atoms with Crippen molar-refractivity contribution in [2.24, 2.45) is 17.4 Å². The molecule has 1 aromatic carbocycles. The molecule has 4 amide bonds. The summed E-state index contributed by atoms with van der Waals surface area (Å²) in [5, 5.41) is 26.3. The lowest BCUT2D eigenvalue weighted by molar-refractivity contribution is -0.141. The Balaban J connectivity index is 3.11. The van der Waals surface area contributed by atoms with Crippen LogP contribution < -0.4 is 27.4 Å². The Kier molecular flexibility index (Phi) is 12.7. The van der Waals surface area contributed by atoms with Gasteiger partial charge in [0.1, 0.15) is 23.9 Å². The highest BCUT2D eigenvalue weighted by Gasteiger charge is 2.32. The van der Waals surface area contributed by atoms with E-state index < -0.39 is 53.8 Å². The highest BCUT2D eigenvalue weighted by Crippen LogP contribution is 2.13. The summed E-state index contributed by atoms with van der Waals surface area (Å²) in [5.74, 6) is -4.49. The largest absolute Gasteiger partial charge is 0.508 e. The van der Waals surface area contributed by atoms with Gasteiger partial charge in [0.25, 0.3) is 0 Å². The van der Waals surface area contributed by atoms with Gasteiger partial charge in [-0.05, 0) is 30.0 Å². The van der Waals surface area contributed by atoms with Crippen LogP contribution in [0.2, 0.25) is 0 Å². The Morgan fingerprint density at radius 1 is 0.972 bits per heavy atom. The fourth-order valence-corrected chi connectivity index (χ4v) is 3.43. The third-order valence-corrected chi connectivity index (χ3v) is 6.00. The zero-order chi connectivity index (χ0) is 27.4. The Bertz CT molecular complexity index is 928. The molecule has 5 unspecified atom stereocenters. The Hall–Kier alpha value is -3.32. The molecule has 1 rings (SSSR count). The van der Waals surface area contributed by atoms with Gasteiger partial charge in [0.15, 0.2) is 0 Å². The summed E-state index contributed by atoms with van der Waals surface area (Å²) in [6, 6.07) is 1.33. The van der Waals surface area contributed by atoms with Crippen LogP contribution in [0.3, 0.4) is 0 Å². The molecular formula is C23H35N5O7S. The van der Waals surface area contributed by atoms with Gasteiger partial charge in [-0.1, -0.05) is 32.4 Å². The van der Waals surface area contributed by atoms with Crippen LogP contribution in [0, 0.1) is 5.92 Å². The second-order valence-corrected chi connectivity index (χ2v) is 8.86. The number of aliphatic carboxylic acids is 1. The first-order valence-electron chi connectivity index (χ1n) is 11.5. The Labute approximate surface area is 215 Å². The van der Waals surface area contributed by atoms with Crippen LogP contribution in [-0.2, 0) is 30.4 Å². The summed E-state index contributed by atoms with van der Waals surface area (Å²) in [6.07, 6.45) is 0.391. The van der Waals surface area contributed by atoms with E-state index in [2.05, 4.69) is 28.6 Å². The zero-order valence-corrected chi connectivity index (χ0v) is 21.2. The predicted octanol–water partition coefficient (Wildman–Crippen LogP) is -0.958. The van der Waals surface area contributed by atoms with Gasteiger partial charge in [-0.3, -0.25) is 19.2 Å². The SMILES string of the molecule is CCC(C)C(NC(=O)C(N)CCC(N)=O)C(=O)NC(Cc1ccc(O)cc1)C(=O)NC(CS)C(=O)O. The molecule has 1 aromatic rings. The maximum atomic E-state index is 13.2. The number of hydrogen-bond donors (Lipinski definition) is 8. The number of benzene rings is 1. The first kappa shape index (κ1) is 30.7. The molecule has 0 fully saturated rings. The molecule has 0 bridgehead atoms. The van der Waals surface area contributed by atoms with Gasteiger partial charge in [-0.2, -0.15) is 12.6 Å². The van der Waals surface area contributed by atoms with E-state index in [-0.39, 0.29) is 36.7 Å². The van der Waals surface area contributed by atoms with Crippen LogP contribution in [0.4, 0.5) is 0 Å². The molecule has 5 atom stereocenters. The number of thiol groups is 1. The minimum absolute atomic E-state index is 0.00218. The van der Waals surface area contributed by atoms with Crippen LogP contribution in [0.25, 0.3) is 0 Å². The number of rotatable bonds is 15. The maximum absolute atomic E-state index is 13.2. The van der Waals surface area contributed by atoms with E-state index in [1.54, 1.807) is 19.1 Å². The minimum Gasteiger partial charge on any atom is -0.508 e. The highest BCUT2D eigenvalue weighted by molar-refractivity contribution is 7.80. The lowest BCUT2D eigenvalue weighted by Gasteiger charge is -2.28. The molecule has 0 aromatic heterocycles. The minimum atomic E-state index is -1.29. The van der Waals surface area contributed by atoms with E-state index in [1.165, 1.54) is 12.1 Å². The van der Waals surface area contributed by atoms with Crippen molar-refractivity contribution in [2.45, 2.75) is 63.7 Å². The Morgan fingerprint density at radius 3 is 2.06 bits per heavy atom. The number of carboxylic acids is 1. The molecule has 36 heavy (non-hydrogen) atoms. The molecule has 12 nitrogen and oxygen atoms in total. The van der Waals surface area contributed by atoms with Gasteiger partial charge in [0, 0.05) is 18.6 Å². The van der Waals surface area contributed by atoms with Crippen LogP contribution in [0.15, 0.2) is 24.3 Å². The van der Waals surface area contributed by atoms with Crippen molar-refractivity contribution in [2.75, 3.05) is 5.75 Å². The van der Waals surface area contributed by atoms with E-state index in [9.17, 15) is 34.2 Å². The highest BCUT2D eigenvalue weighted by atomic mass is 32.1. The van der Waals surface area contributed by atoms with Gasteiger partial charge in [-0.25, -0.2) is 4.79 Å². The van der Waals surface area contributed by atoms with Crippen LogP contribution in [-0.4, -0.2) is 69.7 Å². The molecule has 0 saturated heterocycles. The van der Waals surface area contributed by atoms with Gasteiger partial charge in [0.2, 0.25) is 23.6 Å². The smallest absolute Gasteiger partial charge is 0.327 e. The van der Waals surface area contributed by atoms with Gasteiger partial charge in [0.05, 0.1) is 6.04 Å². The van der Waals surface area contributed by atoms with E-state index in [1.807, 2.05) is 6.92 Å². The summed E-state index contributed by atoms with van der Waals surface area (Å²) in [4.78, 5) is 61.1. The number of aromatic hydroxyl groups is 1.